The number of fused-ring (bicyclic) bond motifs is 1. The predicted octanol–water partition coefficient (Wildman–Crippen LogP) is 1.09. The summed E-state index contributed by atoms with van der Waals surface area (Å²) in [7, 11) is 0. The van der Waals surface area contributed by atoms with Crippen molar-refractivity contribution in [3.63, 3.8) is 0 Å². The summed E-state index contributed by atoms with van der Waals surface area (Å²) in [4.78, 5) is 12.1. The molecule has 2 rings (SSSR count). The summed E-state index contributed by atoms with van der Waals surface area (Å²) in [5, 5.41) is 18.4. The Morgan fingerprint density at radius 1 is 1.43 bits per heavy atom. The highest BCUT2D eigenvalue weighted by Gasteiger charge is 2.26. The molecule has 0 fully saturated rings. The van der Waals surface area contributed by atoms with E-state index in [-0.39, 0.29) is 6.54 Å². The summed E-state index contributed by atoms with van der Waals surface area (Å²) >= 11 is 0. The first-order valence-corrected chi connectivity index (χ1v) is 4.45. The molecule has 1 aromatic carbocycles. The maximum Gasteiger partial charge on any atom is 0.411 e. The molecule has 74 valence electrons. The van der Waals surface area contributed by atoms with Gasteiger partial charge in [0.25, 0.3) is 0 Å². The van der Waals surface area contributed by atoms with Gasteiger partial charge in [-0.1, -0.05) is 18.2 Å². The van der Waals surface area contributed by atoms with Gasteiger partial charge in [0.2, 0.25) is 0 Å². The normalized spacial score (nSPS) is 20.4. The molecule has 1 unspecified atom stereocenters. The monoisotopic (exact) mass is 193 g/mol. The molecule has 1 amide bonds. The molecule has 0 bridgehead atoms. The van der Waals surface area contributed by atoms with Gasteiger partial charge >= 0.3 is 6.09 Å². The summed E-state index contributed by atoms with van der Waals surface area (Å²) in [5.74, 6) is 0. The first-order valence-electron chi connectivity index (χ1n) is 4.45. The third-order valence-electron chi connectivity index (χ3n) is 2.36. The lowest BCUT2D eigenvalue weighted by atomic mass is 10.0. The van der Waals surface area contributed by atoms with Crippen LogP contribution in [0.25, 0.3) is 0 Å². The van der Waals surface area contributed by atoms with Gasteiger partial charge in [-0.3, -0.25) is 4.90 Å². The Balaban J connectivity index is 2.43. The van der Waals surface area contributed by atoms with Crippen LogP contribution in [0.2, 0.25) is 0 Å². The van der Waals surface area contributed by atoms with Crippen molar-refractivity contribution in [2.24, 2.45) is 0 Å². The predicted molar refractivity (Wildman–Crippen MR) is 51.5 cm³/mol. The van der Waals surface area contributed by atoms with Crippen LogP contribution in [0.5, 0.6) is 0 Å². The Bertz CT molecular complexity index is 364. The van der Waals surface area contributed by atoms with Crippen LogP contribution in [-0.2, 0) is 6.42 Å². The largest absolute Gasteiger partial charge is 0.465 e. The van der Waals surface area contributed by atoms with E-state index < -0.39 is 12.2 Å². The van der Waals surface area contributed by atoms with Crippen LogP contribution < -0.4 is 4.90 Å². The number of para-hydroxylation sites is 1. The number of amides is 1. The van der Waals surface area contributed by atoms with E-state index >= 15 is 0 Å². The molecule has 4 heteroatoms. The summed E-state index contributed by atoms with van der Waals surface area (Å²) < 4.78 is 0. The van der Waals surface area contributed by atoms with E-state index in [1.54, 1.807) is 12.1 Å². The van der Waals surface area contributed by atoms with Crippen LogP contribution in [-0.4, -0.2) is 29.0 Å². The van der Waals surface area contributed by atoms with Gasteiger partial charge in [0.1, 0.15) is 0 Å². The Hall–Kier alpha value is -1.55. The summed E-state index contributed by atoms with van der Waals surface area (Å²) in [5.41, 5.74) is 1.57. The lowest BCUT2D eigenvalue weighted by molar-refractivity contribution is 0.163. The molecule has 1 heterocycles. The summed E-state index contributed by atoms with van der Waals surface area (Å²) in [6.07, 6.45) is -1.09. The maximum atomic E-state index is 10.9. The second kappa shape index (κ2) is 3.31. The molecule has 14 heavy (non-hydrogen) atoms. The van der Waals surface area contributed by atoms with E-state index in [1.165, 1.54) is 4.90 Å². The zero-order chi connectivity index (χ0) is 10.1. The number of carboxylic acid groups (broad SMARTS) is 1. The number of nitrogens with zero attached hydrogens (tertiary/aromatic N) is 1. The van der Waals surface area contributed by atoms with Crippen molar-refractivity contribution < 1.29 is 15.0 Å². The van der Waals surface area contributed by atoms with Crippen molar-refractivity contribution in [2.75, 3.05) is 11.4 Å². The van der Waals surface area contributed by atoms with Crippen LogP contribution in [0, 0.1) is 0 Å². The fourth-order valence-electron chi connectivity index (χ4n) is 1.76. The Kier molecular flexibility index (Phi) is 2.13. The minimum atomic E-state index is -1.02. The van der Waals surface area contributed by atoms with E-state index in [0.29, 0.717) is 12.1 Å². The van der Waals surface area contributed by atoms with E-state index in [4.69, 9.17) is 5.11 Å². The van der Waals surface area contributed by atoms with Gasteiger partial charge in [-0.15, -0.1) is 0 Å². The molecule has 1 aliphatic heterocycles. The standard InChI is InChI=1S/C10H11NO3/c12-8-5-7-3-1-2-4-9(7)11(6-8)10(13)14/h1-4,8,12H,5-6H2,(H,13,14). The highest BCUT2D eigenvalue weighted by molar-refractivity contribution is 5.87. The van der Waals surface area contributed by atoms with Crippen LogP contribution in [0.3, 0.4) is 0 Å². The lowest BCUT2D eigenvalue weighted by Gasteiger charge is -2.30. The second-order valence-corrected chi connectivity index (χ2v) is 3.38. The fraction of sp³-hybridized carbons (Fsp3) is 0.300. The summed E-state index contributed by atoms with van der Waals surface area (Å²) in [6.45, 7) is 0.159. The third-order valence-corrected chi connectivity index (χ3v) is 2.36. The molecule has 0 spiro atoms. The third kappa shape index (κ3) is 1.44. The smallest absolute Gasteiger partial charge is 0.411 e. The second-order valence-electron chi connectivity index (χ2n) is 3.38. The van der Waals surface area contributed by atoms with Crippen molar-refractivity contribution in [1.29, 1.82) is 0 Å². The molecule has 0 radical (unpaired) electrons. The SMILES string of the molecule is O=C(O)N1CC(O)Cc2ccccc21. The van der Waals surface area contributed by atoms with Crippen LogP contribution in [0.4, 0.5) is 10.5 Å². The zero-order valence-electron chi connectivity index (χ0n) is 7.55. The van der Waals surface area contributed by atoms with Gasteiger partial charge in [-0.25, -0.2) is 4.79 Å². The average molecular weight is 193 g/mol. The topological polar surface area (TPSA) is 60.8 Å². The van der Waals surface area contributed by atoms with Crippen LogP contribution in [0.1, 0.15) is 5.56 Å². The maximum absolute atomic E-state index is 10.9. The van der Waals surface area contributed by atoms with E-state index in [1.807, 2.05) is 12.1 Å². The first kappa shape index (κ1) is 9.02. The summed E-state index contributed by atoms with van der Waals surface area (Å²) in [6, 6.07) is 7.24. The molecule has 0 aliphatic carbocycles. The number of β-amino-alcohol motifs (C(OH)–C–C–N with tert-alkyl or cyclic N) is 1. The molecule has 2 N–H and O–H groups in total. The molecular weight excluding hydrogens is 182 g/mol. The van der Waals surface area contributed by atoms with Crippen molar-refractivity contribution >= 4 is 11.8 Å². The molecule has 1 aromatic rings. The molecule has 0 aromatic heterocycles. The lowest BCUT2D eigenvalue weighted by Crippen LogP contribution is -2.41. The molecule has 0 saturated carbocycles. The van der Waals surface area contributed by atoms with Gasteiger partial charge in [0.05, 0.1) is 18.3 Å². The minimum Gasteiger partial charge on any atom is -0.465 e. The Morgan fingerprint density at radius 3 is 2.86 bits per heavy atom. The molecule has 0 saturated heterocycles. The highest BCUT2D eigenvalue weighted by atomic mass is 16.4. The van der Waals surface area contributed by atoms with Crippen molar-refractivity contribution in [3.05, 3.63) is 29.8 Å². The van der Waals surface area contributed by atoms with Crippen molar-refractivity contribution in [3.8, 4) is 0 Å². The van der Waals surface area contributed by atoms with E-state index in [0.717, 1.165) is 5.56 Å². The molecular formula is C10H11NO3. The number of rotatable bonds is 0. The van der Waals surface area contributed by atoms with E-state index in [2.05, 4.69) is 0 Å². The number of hydrogen-bond donors (Lipinski definition) is 2. The van der Waals surface area contributed by atoms with Gasteiger partial charge < -0.3 is 10.2 Å². The van der Waals surface area contributed by atoms with Crippen molar-refractivity contribution in [2.45, 2.75) is 12.5 Å². The average Bonchev–Trinajstić information content (AvgIpc) is 2.16. The number of anilines is 1. The minimum absolute atomic E-state index is 0.159. The number of hydrogen-bond acceptors (Lipinski definition) is 2. The van der Waals surface area contributed by atoms with Gasteiger partial charge in [0.15, 0.2) is 0 Å². The molecule has 4 nitrogen and oxygen atoms in total. The first-order chi connectivity index (χ1) is 6.68. The van der Waals surface area contributed by atoms with Crippen LogP contribution in [0.15, 0.2) is 24.3 Å². The molecule has 1 aliphatic rings. The van der Waals surface area contributed by atoms with Gasteiger partial charge in [-0.2, -0.15) is 0 Å². The van der Waals surface area contributed by atoms with Crippen molar-refractivity contribution in [1.82, 2.24) is 0 Å². The number of benzene rings is 1. The highest BCUT2D eigenvalue weighted by Crippen LogP contribution is 2.26. The number of aliphatic hydroxyl groups is 1. The molecule has 1 atom stereocenters. The van der Waals surface area contributed by atoms with Gasteiger partial charge in [-0.05, 0) is 11.6 Å². The Labute approximate surface area is 81.4 Å². The van der Waals surface area contributed by atoms with Crippen LogP contribution >= 0.6 is 0 Å². The van der Waals surface area contributed by atoms with Gasteiger partial charge in [0, 0.05) is 6.42 Å². The quantitative estimate of drug-likeness (QED) is 0.648. The number of carbonyl (C=O) groups is 1. The number of aliphatic hydroxyl groups excluding tert-OH is 1. The fourth-order valence-corrected chi connectivity index (χ4v) is 1.76. The zero-order valence-corrected chi connectivity index (χ0v) is 7.55. The Morgan fingerprint density at radius 2 is 2.14 bits per heavy atom. The van der Waals surface area contributed by atoms with E-state index in [9.17, 15) is 9.90 Å².